The summed E-state index contributed by atoms with van der Waals surface area (Å²) in [5.41, 5.74) is 11.3. The first kappa shape index (κ1) is 31.7. The van der Waals surface area contributed by atoms with Crippen LogP contribution in [-0.2, 0) is 25.6 Å². The van der Waals surface area contributed by atoms with Crippen molar-refractivity contribution in [3.8, 4) is 5.75 Å². The number of carbonyl (C=O) groups excluding carboxylic acids is 3. The van der Waals surface area contributed by atoms with Gasteiger partial charge in [-0.05, 0) is 68.4 Å². The molecule has 1 aliphatic heterocycles. The van der Waals surface area contributed by atoms with Crippen LogP contribution >= 0.6 is 11.8 Å². The number of nitrogens with zero attached hydrogens (tertiary/aromatic N) is 1. The van der Waals surface area contributed by atoms with Crippen molar-refractivity contribution in [3.63, 3.8) is 0 Å². The minimum atomic E-state index is -1.28. The van der Waals surface area contributed by atoms with E-state index in [0.717, 1.165) is 13.0 Å². The van der Waals surface area contributed by atoms with Gasteiger partial charge in [0, 0.05) is 13.0 Å². The van der Waals surface area contributed by atoms with E-state index in [1.807, 2.05) is 6.26 Å². The van der Waals surface area contributed by atoms with Crippen molar-refractivity contribution in [2.45, 2.75) is 62.7 Å². The smallest absolute Gasteiger partial charge is 0.326 e. The highest BCUT2D eigenvalue weighted by atomic mass is 32.2. The summed E-state index contributed by atoms with van der Waals surface area (Å²) in [7, 11) is 0. The molecule has 10 N–H and O–H groups in total. The summed E-state index contributed by atoms with van der Waals surface area (Å²) in [6.45, 7) is 0.935. The Kier molecular flexibility index (Phi) is 13.4. The molecular formula is C25H39N7O6S. The molecule has 216 valence electrons. The first-order valence-corrected chi connectivity index (χ1v) is 14.2. The van der Waals surface area contributed by atoms with Gasteiger partial charge in [-0.15, -0.1) is 0 Å². The summed E-state index contributed by atoms with van der Waals surface area (Å²) in [6.07, 6.45) is 4.22. The third-order valence-corrected chi connectivity index (χ3v) is 6.83. The fourth-order valence-corrected chi connectivity index (χ4v) is 4.54. The quantitative estimate of drug-likeness (QED) is 0.0696. The molecule has 1 aliphatic rings. The first-order chi connectivity index (χ1) is 18.6. The Morgan fingerprint density at radius 1 is 1.05 bits per heavy atom. The van der Waals surface area contributed by atoms with E-state index in [2.05, 4.69) is 26.3 Å². The molecule has 1 saturated heterocycles. The molecule has 1 aromatic rings. The van der Waals surface area contributed by atoms with E-state index in [0.29, 0.717) is 30.6 Å². The van der Waals surface area contributed by atoms with Crippen LogP contribution < -0.4 is 32.7 Å². The Labute approximate surface area is 231 Å². The molecule has 0 radical (unpaired) electrons. The monoisotopic (exact) mass is 565 g/mol. The lowest BCUT2D eigenvalue weighted by Crippen LogP contribution is -2.57. The molecular weight excluding hydrogens is 526 g/mol. The Balaban J connectivity index is 2.14. The Morgan fingerprint density at radius 2 is 1.69 bits per heavy atom. The van der Waals surface area contributed by atoms with Crippen LogP contribution in [0.5, 0.6) is 5.75 Å². The number of thioether (sulfide) groups is 1. The topological polar surface area (TPSA) is 221 Å². The average Bonchev–Trinajstić information content (AvgIpc) is 3.44. The van der Waals surface area contributed by atoms with E-state index < -0.39 is 35.9 Å². The molecule has 14 heteroatoms. The van der Waals surface area contributed by atoms with Crippen LogP contribution in [0.25, 0.3) is 0 Å². The Morgan fingerprint density at radius 3 is 2.26 bits per heavy atom. The van der Waals surface area contributed by atoms with Crippen LogP contribution in [0.1, 0.15) is 37.7 Å². The highest BCUT2D eigenvalue weighted by molar-refractivity contribution is 7.98. The fourth-order valence-electron chi connectivity index (χ4n) is 4.07. The van der Waals surface area contributed by atoms with Crippen molar-refractivity contribution in [2.24, 2.45) is 16.5 Å². The van der Waals surface area contributed by atoms with Gasteiger partial charge in [0.05, 0.1) is 6.04 Å². The summed E-state index contributed by atoms with van der Waals surface area (Å²) in [5.74, 6) is -2.23. The van der Waals surface area contributed by atoms with Gasteiger partial charge in [0.2, 0.25) is 17.7 Å². The highest BCUT2D eigenvalue weighted by Gasteiger charge is 2.31. The number of phenols is 1. The van der Waals surface area contributed by atoms with Crippen LogP contribution in [0.2, 0.25) is 0 Å². The van der Waals surface area contributed by atoms with Crippen LogP contribution in [0.4, 0.5) is 0 Å². The molecule has 4 unspecified atom stereocenters. The van der Waals surface area contributed by atoms with Gasteiger partial charge in [0.25, 0.3) is 0 Å². The maximum Gasteiger partial charge on any atom is 0.326 e. The van der Waals surface area contributed by atoms with E-state index in [4.69, 9.17) is 11.5 Å². The standard InChI is InChI=1S/C25H39N7O6S/c1-39-13-10-19(31-21(34)17-4-2-11-28-17)23(36)30-18(5-3-12-29-25(26)27)22(35)32-20(24(37)38)14-15-6-8-16(33)9-7-15/h6-9,17-20,28,33H,2-5,10-14H2,1H3,(H,30,36)(H,31,34)(H,32,35)(H,37,38)(H4,26,27,29). The zero-order valence-corrected chi connectivity index (χ0v) is 22.8. The van der Waals surface area contributed by atoms with Crippen LogP contribution in [0, 0.1) is 0 Å². The lowest BCUT2D eigenvalue weighted by Gasteiger charge is -2.25. The van der Waals surface area contributed by atoms with Crippen LogP contribution in [0.3, 0.4) is 0 Å². The maximum absolute atomic E-state index is 13.3. The van der Waals surface area contributed by atoms with Crippen molar-refractivity contribution in [3.05, 3.63) is 29.8 Å². The van der Waals surface area contributed by atoms with Gasteiger partial charge in [-0.3, -0.25) is 19.4 Å². The number of phenolic OH excluding ortho intramolecular Hbond substituents is 1. The fraction of sp³-hybridized carbons (Fsp3) is 0.560. The number of guanidine groups is 1. The van der Waals surface area contributed by atoms with Gasteiger partial charge in [-0.1, -0.05) is 12.1 Å². The molecule has 0 aromatic heterocycles. The van der Waals surface area contributed by atoms with Gasteiger partial charge in [-0.25, -0.2) is 4.79 Å². The molecule has 3 amide bonds. The summed E-state index contributed by atoms with van der Waals surface area (Å²) < 4.78 is 0. The van der Waals surface area contributed by atoms with Gasteiger partial charge in [-0.2, -0.15) is 11.8 Å². The second-order valence-electron chi connectivity index (χ2n) is 9.27. The van der Waals surface area contributed by atoms with Crippen molar-refractivity contribution in [2.75, 3.05) is 25.1 Å². The number of benzene rings is 1. The molecule has 0 saturated carbocycles. The zero-order valence-electron chi connectivity index (χ0n) is 22.0. The maximum atomic E-state index is 13.3. The molecule has 0 spiro atoms. The minimum absolute atomic E-state index is 0.0309. The zero-order chi connectivity index (χ0) is 28.8. The van der Waals surface area contributed by atoms with Gasteiger partial charge >= 0.3 is 5.97 Å². The number of nitrogens with one attached hydrogen (secondary N) is 4. The highest BCUT2D eigenvalue weighted by Crippen LogP contribution is 2.12. The largest absolute Gasteiger partial charge is 0.508 e. The summed E-state index contributed by atoms with van der Waals surface area (Å²) >= 11 is 1.52. The molecule has 1 fully saturated rings. The van der Waals surface area contributed by atoms with E-state index in [1.165, 1.54) is 23.9 Å². The lowest BCUT2D eigenvalue weighted by atomic mass is 10.0. The molecule has 1 heterocycles. The third kappa shape index (κ3) is 11.4. The number of rotatable bonds is 16. The second-order valence-corrected chi connectivity index (χ2v) is 10.3. The predicted octanol–water partition coefficient (Wildman–Crippen LogP) is -0.968. The molecule has 0 aliphatic carbocycles. The summed E-state index contributed by atoms with van der Waals surface area (Å²) in [6, 6.07) is 2.36. The van der Waals surface area contributed by atoms with Crippen molar-refractivity contribution >= 4 is 41.4 Å². The molecule has 1 aromatic carbocycles. The second kappa shape index (κ2) is 16.4. The van der Waals surface area contributed by atoms with Gasteiger partial charge in [0.15, 0.2) is 5.96 Å². The average molecular weight is 566 g/mol. The number of carboxylic acids is 1. The van der Waals surface area contributed by atoms with Gasteiger partial charge < -0.3 is 42.9 Å². The number of nitrogens with two attached hydrogens (primary N) is 2. The van der Waals surface area contributed by atoms with E-state index >= 15 is 0 Å². The third-order valence-electron chi connectivity index (χ3n) is 6.19. The normalized spacial score (nSPS) is 16.9. The van der Waals surface area contributed by atoms with Crippen molar-refractivity contribution in [1.29, 1.82) is 0 Å². The predicted molar refractivity (Wildman–Crippen MR) is 149 cm³/mol. The van der Waals surface area contributed by atoms with Crippen molar-refractivity contribution in [1.82, 2.24) is 21.3 Å². The molecule has 0 bridgehead atoms. The number of carboxylic acid groups (broad SMARTS) is 1. The molecule has 39 heavy (non-hydrogen) atoms. The number of carbonyl (C=O) groups is 4. The Hall–Kier alpha value is -3.52. The number of hydrogen-bond acceptors (Lipinski definition) is 8. The number of aromatic hydroxyl groups is 1. The van der Waals surface area contributed by atoms with Gasteiger partial charge in [0.1, 0.15) is 23.9 Å². The van der Waals surface area contributed by atoms with Crippen LogP contribution in [-0.4, -0.2) is 89.1 Å². The number of aliphatic imine (C=N–C) groups is 1. The summed E-state index contributed by atoms with van der Waals surface area (Å²) in [4.78, 5) is 54.9. The van der Waals surface area contributed by atoms with Crippen LogP contribution in [0.15, 0.2) is 29.3 Å². The van der Waals surface area contributed by atoms with E-state index in [-0.39, 0.29) is 43.0 Å². The molecule has 13 nitrogen and oxygen atoms in total. The summed E-state index contributed by atoms with van der Waals surface area (Å²) in [5, 5.41) is 30.3. The van der Waals surface area contributed by atoms with Crippen molar-refractivity contribution < 1.29 is 29.4 Å². The first-order valence-electron chi connectivity index (χ1n) is 12.8. The number of hydrogen-bond donors (Lipinski definition) is 8. The minimum Gasteiger partial charge on any atom is -0.508 e. The van der Waals surface area contributed by atoms with E-state index in [9.17, 15) is 29.4 Å². The lowest BCUT2D eigenvalue weighted by molar-refractivity contribution is -0.142. The van der Waals surface area contributed by atoms with E-state index in [1.54, 1.807) is 12.1 Å². The molecule has 2 rings (SSSR count). The number of aliphatic carboxylic acids is 1. The molecule has 4 atom stereocenters. The number of amides is 3. The SMILES string of the molecule is CSCCC(NC(=O)C1CCCN1)C(=O)NC(CCCN=C(N)N)C(=O)NC(Cc1ccc(O)cc1)C(=O)O. The Bertz CT molecular complexity index is 997.